The molecule has 3 fully saturated rings. The summed E-state index contributed by atoms with van der Waals surface area (Å²) in [4.78, 5) is 60.6. The minimum atomic E-state index is -1.36. The van der Waals surface area contributed by atoms with E-state index in [0.29, 0.717) is 34.2 Å². The summed E-state index contributed by atoms with van der Waals surface area (Å²) in [7, 11) is 6.14. The number of methoxy groups -OCH3 is 4. The Morgan fingerprint density at radius 2 is 1.39 bits per heavy atom. The number of fused-ring (bicyclic) bond motifs is 4. The van der Waals surface area contributed by atoms with Crippen LogP contribution < -0.4 is 28.7 Å². The Hall–Kier alpha value is -6.36. The minimum Gasteiger partial charge on any atom is -0.507 e. The molecular weight excluding hydrogens is 713 g/mol. The highest BCUT2D eigenvalue weighted by Gasteiger charge is 2.68. The van der Waals surface area contributed by atoms with Gasteiger partial charge in [0.1, 0.15) is 28.7 Å². The highest BCUT2D eigenvalue weighted by molar-refractivity contribution is 6.25. The molecule has 286 valence electrons. The van der Waals surface area contributed by atoms with Crippen molar-refractivity contribution in [1.29, 1.82) is 0 Å². The summed E-state index contributed by atoms with van der Waals surface area (Å²) in [6.45, 7) is 1.77. The van der Waals surface area contributed by atoms with Crippen LogP contribution in [0.25, 0.3) is 12.2 Å². The van der Waals surface area contributed by atoms with Crippen molar-refractivity contribution in [3.05, 3.63) is 113 Å². The van der Waals surface area contributed by atoms with Crippen LogP contribution in [-0.4, -0.2) is 57.2 Å². The molecule has 1 saturated carbocycles. The number of carbonyl (C=O) groups is 4. The van der Waals surface area contributed by atoms with Crippen LogP contribution in [0, 0.1) is 29.1 Å². The van der Waals surface area contributed by atoms with Gasteiger partial charge in [0, 0.05) is 29.2 Å². The van der Waals surface area contributed by atoms with Crippen LogP contribution in [0.2, 0.25) is 0 Å². The second-order valence-electron chi connectivity index (χ2n) is 14.8. The number of allylic oxidation sites excluding steroid dienone is 2. The fourth-order valence-corrected chi connectivity index (χ4v) is 9.46. The maximum atomic E-state index is 14.7. The van der Waals surface area contributed by atoms with Gasteiger partial charge in [0.15, 0.2) is 0 Å². The van der Waals surface area contributed by atoms with E-state index in [1.807, 2.05) is 54.6 Å². The number of benzene rings is 4. The fourth-order valence-electron chi connectivity index (χ4n) is 9.46. The summed E-state index contributed by atoms with van der Waals surface area (Å²) in [5.41, 5.74) is 2.26. The number of carbonyl (C=O) groups excluding carboxylic acids is 4. The van der Waals surface area contributed by atoms with Gasteiger partial charge >= 0.3 is 0 Å². The van der Waals surface area contributed by atoms with E-state index in [1.54, 1.807) is 63.6 Å². The van der Waals surface area contributed by atoms with Crippen LogP contribution >= 0.6 is 0 Å². The molecule has 2 aliphatic heterocycles. The van der Waals surface area contributed by atoms with E-state index in [4.69, 9.17) is 18.9 Å². The zero-order valence-electron chi connectivity index (χ0n) is 31.7. The van der Waals surface area contributed by atoms with Crippen LogP contribution in [0.15, 0.2) is 96.6 Å². The molecule has 8 rings (SSSR count). The molecule has 0 bridgehead atoms. The Morgan fingerprint density at radius 1 is 0.696 bits per heavy atom. The molecule has 2 saturated heterocycles. The molecule has 11 nitrogen and oxygen atoms in total. The van der Waals surface area contributed by atoms with Gasteiger partial charge in [-0.1, -0.05) is 54.1 Å². The van der Waals surface area contributed by atoms with E-state index in [1.165, 1.54) is 30.1 Å². The third kappa shape index (κ3) is 5.55. The van der Waals surface area contributed by atoms with Crippen molar-refractivity contribution in [2.75, 3.05) is 38.2 Å². The van der Waals surface area contributed by atoms with Crippen molar-refractivity contribution < 1.29 is 43.2 Å². The molecule has 11 heteroatoms. The van der Waals surface area contributed by atoms with Crippen molar-refractivity contribution in [3.63, 3.8) is 0 Å². The average molecular weight is 755 g/mol. The van der Waals surface area contributed by atoms with Gasteiger partial charge in [-0.05, 0) is 73.7 Å². The molecule has 6 unspecified atom stereocenters. The maximum absolute atomic E-state index is 14.7. The average Bonchev–Trinajstić information content (AvgIpc) is 3.59. The first-order valence-electron chi connectivity index (χ1n) is 18.5. The summed E-state index contributed by atoms with van der Waals surface area (Å²) >= 11 is 0. The van der Waals surface area contributed by atoms with Gasteiger partial charge in [0.2, 0.25) is 23.6 Å². The highest BCUT2D eigenvalue weighted by Crippen LogP contribution is 2.65. The molecule has 4 aromatic rings. The molecule has 4 amide bonds. The van der Waals surface area contributed by atoms with Gasteiger partial charge in [-0.15, -0.1) is 0 Å². The van der Waals surface area contributed by atoms with Crippen molar-refractivity contribution in [1.82, 2.24) is 0 Å². The summed E-state index contributed by atoms with van der Waals surface area (Å²) in [5.74, 6) is -3.35. The lowest BCUT2D eigenvalue weighted by Crippen LogP contribution is -2.49. The molecule has 4 aliphatic rings. The van der Waals surface area contributed by atoms with Crippen molar-refractivity contribution in [2.24, 2.45) is 29.1 Å². The number of hydrogen-bond donors (Lipinski definition) is 1. The quantitative estimate of drug-likeness (QED) is 0.109. The zero-order chi connectivity index (χ0) is 39.5. The molecule has 2 heterocycles. The number of amides is 4. The first-order valence-corrected chi connectivity index (χ1v) is 18.5. The van der Waals surface area contributed by atoms with Crippen LogP contribution in [-0.2, 0) is 19.2 Å². The Bertz CT molecular complexity index is 2320. The molecule has 56 heavy (non-hydrogen) atoms. The molecule has 6 atom stereocenters. The normalized spacial score (nSPS) is 25.5. The van der Waals surface area contributed by atoms with Crippen LogP contribution in [0.4, 0.5) is 11.4 Å². The van der Waals surface area contributed by atoms with Gasteiger partial charge in [-0.3, -0.25) is 24.1 Å². The van der Waals surface area contributed by atoms with E-state index in [0.717, 1.165) is 16.7 Å². The van der Waals surface area contributed by atoms with Gasteiger partial charge in [-0.2, -0.15) is 0 Å². The number of imide groups is 2. The van der Waals surface area contributed by atoms with Crippen molar-refractivity contribution >= 4 is 47.2 Å². The Balaban J connectivity index is 1.17. The van der Waals surface area contributed by atoms with Crippen molar-refractivity contribution in [3.8, 4) is 28.7 Å². The van der Waals surface area contributed by atoms with Crippen LogP contribution in [0.1, 0.15) is 42.4 Å². The molecule has 1 N–H and O–H groups in total. The van der Waals surface area contributed by atoms with Gasteiger partial charge < -0.3 is 24.1 Å². The van der Waals surface area contributed by atoms with E-state index < -0.39 is 40.9 Å². The topological polar surface area (TPSA) is 132 Å². The lowest BCUT2D eigenvalue weighted by molar-refractivity contribution is -0.131. The Labute approximate surface area is 324 Å². The van der Waals surface area contributed by atoms with E-state index in [9.17, 15) is 24.3 Å². The molecule has 4 aromatic carbocycles. The number of nitrogens with zero attached hydrogens (tertiary/aromatic N) is 2. The Kier molecular flexibility index (Phi) is 9.18. The summed E-state index contributed by atoms with van der Waals surface area (Å²) in [6.07, 6.45) is 6.19. The number of para-hydroxylation sites is 1. The molecule has 0 aromatic heterocycles. The first kappa shape index (κ1) is 36.6. The Morgan fingerprint density at radius 3 is 2.07 bits per heavy atom. The number of hydrogen-bond acceptors (Lipinski definition) is 9. The molecule has 0 spiro atoms. The third-order valence-electron chi connectivity index (χ3n) is 12.2. The second-order valence-corrected chi connectivity index (χ2v) is 14.8. The molecule has 2 aliphatic carbocycles. The van der Waals surface area contributed by atoms with Gasteiger partial charge in [0.25, 0.3) is 0 Å². The predicted molar refractivity (Wildman–Crippen MR) is 210 cm³/mol. The standard InChI is InChI=1S/C45H42N2O9/c1-45-34(42(50)47(44(45)52)27-9-7-6-8-10-27)24-33-31(40(45)39-35(48)22-30(54-3)23-37(39)56-5)18-19-32-38(33)43(51)46(41(32)49)28-15-12-25(13-16-28)11-14-26-21-29(53-2)17-20-36(26)55-4/h6-18,20-23,32-34,38,40,48H,19,24H2,1-5H3. The monoisotopic (exact) mass is 754 g/mol. The van der Waals surface area contributed by atoms with Gasteiger partial charge in [0.05, 0.1) is 63.0 Å². The zero-order valence-corrected chi connectivity index (χ0v) is 31.7. The van der Waals surface area contributed by atoms with Crippen molar-refractivity contribution in [2.45, 2.75) is 25.7 Å². The summed E-state index contributed by atoms with van der Waals surface area (Å²) in [5, 5.41) is 11.7. The fraction of sp³-hybridized carbons (Fsp3) is 0.289. The largest absolute Gasteiger partial charge is 0.507 e. The SMILES string of the molecule is COc1ccc(OC)c(C=Cc2ccc(N3C(=O)C4CC=C5C(CC6C(=O)N(c7ccccc7)C(=O)C6(C)C5c5c(O)cc(OC)cc5OC)C4C3=O)cc2)c1. The highest BCUT2D eigenvalue weighted by atomic mass is 16.5. The number of phenolic OH excluding ortho intramolecular Hbond substituents is 1. The van der Waals surface area contributed by atoms with Crippen LogP contribution in [0.5, 0.6) is 28.7 Å². The maximum Gasteiger partial charge on any atom is 0.241 e. The number of rotatable bonds is 9. The minimum absolute atomic E-state index is 0.164. The predicted octanol–water partition coefficient (Wildman–Crippen LogP) is 7.03. The smallest absolute Gasteiger partial charge is 0.241 e. The van der Waals surface area contributed by atoms with E-state index in [-0.39, 0.29) is 42.1 Å². The summed E-state index contributed by atoms with van der Waals surface area (Å²) in [6, 6.07) is 24.6. The lowest BCUT2D eigenvalue weighted by Gasteiger charge is -2.49. The number of phenols is 1. The first-order chi connectivity index (χ1) is 27.0. The number of ether oxygens (including phenoxy) is 4. The number of anilines is 2. The molecule has 0 radical (unpaired) electrons. The second kappa shape index (κ2) is 14.1. The van der Waals surface area contributed by atoms with Crippen LogP contribution in [0.3, 0.4) is 0 Å². The van der Waals surface area contributed by atoms with Gasteiger partial charge in [-0.25, -0.2) is 4.90 Å². The number of aromatic hydroxyl groups is 1. The molecular formula is C45H42N2O9. The lowest BCUT2D eigenvalue weighted by atomic mass is 9.51. The van der Waals surface area contributed by atoms with E-state index >= 15 is 0 Å². The third-order valence-corrected chi connectivity index (χ3v) is 12.2. The van der Waals surface area contributed by atoms with E-state index in [2.05, 4.69) is 0 Å². The summed E-state index contributed by atoms with van der Waals surface area (Å²) < 4.78 is 22.1.